The lowest BCUT2D eigenvalue weighted by Gasteiger charge is -2.33. The van der Waals surface area contributed by atoms with Gasteiger partial charge in [-0.25, -0.2) is 4.98 Å². The zero-order valence-corrected chi connectivity index (χ0v) is 15.7. The number of fused-ring (bicyclic) bond motifs is 1. The summed E-state index contributed by atoms with van der Waals surface area (Å²) in [6.45, 7) is 2.16. The Bertz CT molecular complexity index is 1020. The fourth-order valence-electron chi connectivity index (χ4n) is 3.41. The van der Waals surface area contributed by atoms with Crippen LogP contribution in [0.25, 0.3) is 11.0 Å². The number of carbonyl (C=O) groups excluding carboxylic acids is 2. The summed E-state index contributed by atoms with van der Waals surface area (Å²) >= 11 is 0. The Labute approximate surface area is 161 Å². The molecule has 0 spiro atoms. The second-order valence-electron chi connectivity index (χ2n) is 6.91. The average Bonchev–Trinajstić information content (AvgIpc) is 3.12. The topological polar surface area (TPSA) is 100 Å². The van der Waals surface area contributed by atoms with E-state index in [0.29, 0.717) is 12.4 Å². The van der Waals surface area contributed by atoms with E-state index >= 15 is 0 Å². The lowest BCUT2D eigenvalue weighted by atomic mass is 10.0. The number of carbonyl (C=O) groups is 2. The van der Waals surface area contributed by atoms with E-state index in [0.717, 1.165) is 22.2 Å². The van der Waals surface area contributed by atoms with E-state index in [4.69, 9.17) is 4.74 Å². The van der Waals surface area contributed by atoms with Crippen LogP contribution in [0, 0.1) is 6.92 Å². The summed E-state index contributed by atoms with van der Waals surface area (Å²) < 4.78 is 5.59. The maximum atomic E-state index is 13.1. The zero-order chi connectivity index (χ0) is 19.7. The van der Waals surface area contributed by atoms with Crippen molar-refractivity contribution in [2.75, 3.05) is 13.7 Å². The Morgan fingerprint density at radius 2 is 2.18 bits per heavy atom. The largest absolute Gasteiger partial charge is 0.356 e. The number of imidazole rings is 1. The number of benzene rings is 1. The monoisotopic (exact) mass is 379 g/mol. The Kier molecular flexibility index (Phi) is 4.79. The smallest absolute Gasteiger partial charge is 0.254 e. The number of aryl methyl sites for hydroxylation is 1. The Balaban J connectivity index is 1.54. The molecule has 4 rings (SSSR count). The van der Waals surface area contributed by atoms with Crippen molar-refractivity contribution in [1.82, 2.24) is 25.2 Å². The molecule has 3 aromatic rings. The highest BCUT2D eigenvalue weighted by atomic mass is 16.5. The van der Waals surface area contributed by atoms with Gasteiger partial charge in [0, 0.05) is 19.4 Å². The SMILES string of the molecule is Cc1cccc2[nH]c(CN(C)C(=O)[C@H]3OCC(=O)N[C@@H]3c3cccnc3)nc12. The van der Waals surface area contributed by atoms with Crippen molar-refractivity contribution in [3.8, 4) is 0 Å². The number of aromatic amines is 1. The van der Waals surface area contributed by atoms with Crippen LogP contribution in [0.15, 0.2) is 42.7 Å². The van der Waals surface area contributed by atoms with Crippen LogP contribution in [0.4, 0.5) is 0 Å². The number of morpholine rings is 1. The predicted octanol–water partition coefficient (Wildman–Crippen LogP) is 1.48. The standard InChI is InChI=1S/C20H21N5O3/c1-12-5-3-7-14-17(12)23-15(22-14)10-25(2)20(27)19-18(24-16(26)11-28-19)13-6-4-8-21-9-13/h3-9,18-19H,10-11H2,1-2H3,(H,22,23)(H,24,26)/t18-,19+/m1/s1. The molecule has 0 unspecified atom stereocenters. The number of likely N-dealkylation sites (N-methyl/N-ethyl adjacent to an activating group) is 1. The van der Waals surface area contributed by atoms with Gasteiger partial charge in [-0.05, 0) is 30.2 Å². The van der Waals surface area contributed by atoms with Crippen LogP contribution in [0.1, 0.15) is 23.0 Å². The number of nitrogens with zero attached hydrogens (tertiary/aromatic N) is 3. The van der Waals surface area contributed by atoms with Crippen LogP contribution in [-0.4, -0.2) is 51.4 Å². The fraction of sp³-hybridized carbons (Fsp3) is 0.300. The van der Waals surface area contributed by atoms with Gasteiger partial charge in [-0.1, -0.05) is 18.2 Å². The van der Waals surface area contributed by atoms with Crippen molar-refractivity contribution in [2.24, 2.45) is 0 Å². The molecule has 0 bridgehead atoms. The third-order valence-electron chi connectivity index (χ3n) is 4.83. The molecule has 1 saturated heterocycles. The molecule has 2 amide bonds. The quantitative estimate of drug-likeness (QED) is 0.715. The highest BCUT2D eigenvalue weighted by Crippen LogP contribution is 2.24. The average molecular weight is 379 g/mol. The van der Waals surface area contributed by atoms with Crippen molar-refractivity contribution in [2.45, 2.75) is 25.6 Å². The first-order chi connectivity index (χ1) is 13.5. The van der Waals surface area contributed by atoms with Crippen molar-refractivity contribution in [1.29, 1.82) is 0 Å². The van der Waals surface area contributed by atoms with Gasteiger partial charge in [-0.3, -0.25) is 14.6 Å². The summed E-state index contributed by atoms with van der Waals surface area (Å²) in [6.07, 6.45) is 2.45. The second kappa shape index (κ2) is 7.40. The van der Waals surface area contributed by atoms with Crippen LogP contribution < -0.4 is 5.32 Å². The molecule has 1 aliphatic heterocycles. The van der Waals surface area contributed by atoms with Crippen LogP contribution in [0.3, 0.4) is 0 Å². The highest BCUT2D eigenvalue weighted by Gasteiger charge is 2.37. The summed E-state index contributed by atoms with van der Waals surface area (Å²) in [5.41, 5.74) is 3.63. The summed E-state index contributed by atoms with van der Waals surface area (Å²) in [6, 6.07) is 8.92. The molecule has 28 heavy (non-hydrogen) atoms. The number of hydrogen-bond donors (Lipinski definition) is 2. The van der Waals surface area contributed by atoms with Crippen molar-refractivity contribution >= 4 is 22.8 Å². The van der Waals surface area contributed by atoms with E-state index in [1.54, 1.807) is 30.4 Å². The Morgan fingerprint density at radius 1 is 1.32 bits per heavy atom. The number of nitrogens with one attached hydrogen (secondary N) is 2. The van der Waals surface area contributed by atoms with E-state index in [2.05, 4.69) is 20.3 Å². The first-order valence-corrected chi connectivity index (χ1v) is 9.03. The minimum Gasteiger partial charge on any atom is -0.356 e. The number of hydrogen-bond acceptors (Lipinski definition) is 5. The number of amides is 2. The Hall–Kier alpha value is -3.26. The van der Waals surface area contributed by atoms with Gasteiger partial charge < -0.3 is 19.9 Å². The molecule has 144 valence electrons. The van der Waals surface area contributed by atoms with Gasteiger partial charge >= 0.3 is 0 Å². The number of aromatic nitrogens is 3. The molecule has 8 nitrogen and oxygen atoms in total. The third-order valence-corrected chi connectivity index (χ3v) is 4.83. The molecule has 1 fully saturated rings. The van der Waals surface area contributed by atoms with Gasteiger partial charge in [0.05, 0.1) is 23.6 Å². The molecule has 2 N–H and O–H groups in total. The van der Waals surface area contributed by atoms with Crippen LogP contribution in [0.5, 0.6) is 0 Å². The van der Waals surface area contributed by atoms with Crippen LogP contribution >= 0.6 is 0 Å². The molecule has 2 atom stereocenters. The molecular weight excluding hydrogens is 358 g/mol. The fourth-order valence-corrected chi connectivity index (χ4v) is 3.41. The van der Waals surface area contributed by atoms with E-state index in [9.17, 15) is 9.59 Å². The molecule has 1 aromatic carbocycles. The van der Waals surface area contributed by atoms with Crippen molar-refractivity contribution < 1.29 is 14.3 Å². The molecule has 0 aliphatic carbocycles. The third kappa shape index (κ3) is 3.46. The van der Waals surface area contributed by atoms with Crippen LogP contribution in [-0.2, 0) is 20.9 Å². The number of rotatable bonds is 4. The van der Waals surface area contributed by atoms with Gasteiger partial charge in [0.15, 0.2) is 6.10 Å². The lowest BCUT2D eigenvalue weighted by Crippen LogP contribution is -2.52. The molecule has 1 aliphatic rings. The first-order valence-electron chi connectivity index (χ1n) is 9.03. The maximum absolute atomic E-state index is 13.1. The molecule has 3 heterocycles. The lowest BCUT2D eigenvalue weighted by molar-refractivity contribution is -0.154. The van der Waals surface area contributed by atoms with Gasteiger partial charge in [0.1, 0.15) is 12.4 Å². The number of pyridine rings is 1. The van der Waals surface area contributed by atoms with Gasteiger partial charge in [-0.2, -0.15) is 0 Å². The number of para-hydroxylation sites is 1. The van der Waals surface area contributed by atoms with E-state index in [-0.39, 0.29) is 18.4 Å². The normalized spacial score (nSPS) is 19.4. The second-order valence-corrected chi connectivity index (χ2v) is 6.91. The molecule has 0 saturated carbocycles. The van der Waals surface area contributed by atoms with E-state index < -0.39 is 12.1 Å². The van der Waals surface area contributed by atoms with Crippen LogP contribution in [0.2, 0.25) is 0 Å². The predicted molar refractivity (Wildman–Crippen MR) is 102 cm³/mol. The number of ether oxygens (including phenoxy) is 1. The zero-order valence-electron chi connectivity index (χ0n) is 15.7. The van der Waals surface area contributed by atoms with Gasteiger partial charge in [0.2, 0.25) is 5.91 Å². The number of H-pyrrole nitrogens is 1. The summed E-state index contributed by atoms with van der Waals surface area (Å²) in [5, 5.41) is 2.84. The Morgan fingerprint density at radius 3 is 2.93 bits per heavy atom. The molecule has 2 aromatic heterocycles. The minimum atomic E-state index is -0.821. The van der Waals surface area contributed by atoms with E-state index in [1.807, 2.05) is 31.2 Å². The summed E-state index contributed by atoms with van der Waals surface area (Å²) in [7, 11) is 1.70. The summed E-state index contributed by atoms with van der Waals surface area (Å²) in [4.78, 5) is 38.4. The van der Waals surface area contributed by atoms with Crippen molar-refractivity contribution in [3.05, 3.63) is 59.7 Å². The highest BCUT2D eigenvalue weighted by molar-refractivity contribution is 5.86. The molecule has 8 heteroatoms. The minimum absolute atomic E-state index is 0.148. The summed E-state index contributed by atoms with van der Waals surface area (Å²) in [5.74, 6) is 0.206. The first kappa shape index (κ1) is 18.1. The van der Waals surface area contributed by atoms with Crippen molar-refractivity contribution in [3.63, 3.8) is 0 Å². The molecule has 0 radical (unpaired) electrons. The molecular formula is C20H21N5O3. The van der Waals surface area contributed by atoms with Gasteiger partial charge in [-0.15, -0.1) is 0 Å². The van der Waals surface area contributed by atoms with Gasteiger partial charge in [0.25, 0.3) is 5.91 Å². The maximum Gasteiger partial charge on any atom is 0.254 e. The van der Waals surface area contributed by atoms with E-state index in [1.165, 1.54) is 0 Å².